The minimum absolute atomic E-state index is 0.0931. The molecule has 1 aromatic rings. The standard InChI is InChI=1S/C13H15IN2O2/c1-8-4-2-5-9(11(8)14)13(18)16-7-3-6-10(16)12(15)17/h2,4-5,10H,3,6-7H2,1H3,(H2,15,17). The van der Waals surface area contributed by atoms with Crippen LogP contribution in [0.5, 0.6) is 0 Å². The first-order chi connectivity index (χ1) is 8.52. The van der Waals surface area contributed by atoms with Gasteiger partial charge < -0.3 is 10.6 Å². The molecule has 18 heavy (non-hydrogen) atoms. The van der Waals surface area contributed by atoms with Crippen molar-refractivity contribution in [1.82, 2.24) is 4.90 Å². The maximum absolute atomic E-state index is 12.4. The Bertz CT molecular complexity index is 502. The number of aryl methyl sites for hydroxylation is 1. The molecule has 5 heteroatoms. The second kappa shape index (κ2) is 5.26. The third kappa shape index (κ3) is 2.36. The molecule has 1 fully saturated rings. The van der Waals surface area contributed by atoms with Crippen LogP contribution in [0.25, 0.3) is 0 Å². The number of nitrogens with two attached hydrogens (primary N) is 1. The predicted octanol–water partition coefficient (Wildman–Crippen LogP) is 1.69. The fraction of sp³-hybridized carbons (Fsp3) is 0.385. The van der Waals surface area contributed by atoms with Crippen LogP contribution in [-0.4, -0.2) is 29.3 Å². The van der Waals surface area contributed by atoms with Crippen LogP contribution in [0.3, 0.4) is 0 Å². The summed E-state index contributed by atoms with van der Waals surface area (Å²) in [7, 11) is 0. The van der Waals surface area contributed by atoms with Gasteiger partial charge in [-0.1, -0.05) is 12.1 Å². The number of carbonyl (C=O) groups is 2. The van der Waals surface area contributed by atoms with Crippen LogP contribution in [0.2, 0.25) is 0 Å². The van der Waals surface area contributed by atoms with Gasteiger partial charge in [0.05, 0.1) is 5.56 Å². The van der Waals surface area contributed by atoms with Crippen LogP contribution in [0.1, 0.15) is 28.8 Å². The van der Waals surface area contributed by atoms with E-state index in [1.165, 1.54) is 0 Å². The number of primary amides is 1. The van der Waals surface area contributed by atoms with E-state index < -0.39 is 11.9 Å². The lowest BCUT2D eigenvalue weighted by Crippen LogP contribution is -2.43. The van der Waals surface area contributed by atoms with E-state index in [4.69, 9.17) is 5.73 Å². The maximum Gasteiger partial charge on any atom is 0.255 e. The lowest BCUT2D eigenvalue weighted by molar-refractivity contribution is -0.121. The van der Waals surface area contributed by atoms with Crippen LogP contribution in [0.15, 0.2) is 18.2 Å². The smallest absolute Gasteiger partial charge is 0.255 e. The first-order valence-corrected chi connectivity index (χ1v) is 6.95. The highest BCUT2D eigenvalue weighted by Crippen LogP contribution is 2.23. The van der Waals surface area contributed by atoms with Gasteiger partial charge >= 0.3 is 0 Å². The number of hydrogen-bond acceptors (Lipinski definition) is 2. The number of hydrogen-bond donors (Lipinski definition) is 1. The van der Waals surface area contributed by atoms with Crippen molar-refractivity contribution >= 4 is 34.4 Å². The Morgan fingerprint density at radius 2 is 2.17 bits per heavy atom. The summed E-state index contributed by atoms with van der Waals surface area (Å²) in [4.78, 5) is 25.4. The number of carbonyl (C=O) groups excluding carboxylic acids is 2. The second-order valence-corrected chi connectivity index (χ2v) is 5.57. The van der Waals surface area contributed by atoms with Crippen molar-refractivity contribution < 1.29 is 9.59 Å². The predicted molar refractivity (Wildman–Crippen MR) is 77.1 cm³/mol. The quantitative estimate of drug-likeness (QED) is 0.818. The van der Waals surface area contributed by atoms with Gasteiger partial charge in [-0.25, -0.2) is 0 Å². The SMILES string of the molecule is Cc1cccc(C(=O)N2CCCC2C(N)=O)c1I. The Hall–Kier alpha value is -1.11. The number of benzene rings is 1. The zero-order chi connectivity index (χ0) is 13.3. The van der Waals surface area contributed by atoms with E-state index in [0.29, 0.717) is 18.5 Å². The van der Waals surface area contributed by atoms with Crippen LogP contribution >= 0.6 is 22.6 Å². The fourth-order valence-corrected chi connectivity index (χ4v) is 2.86. The Balaban J connectivity index is 2.31. The lowest BCUT2D eigenvalue weighted by Gasteiger charge is -2.23. The number of likely N-dealkylation sites (tertiary alicyclic amines) is 1. The average Bonchev–Trinajstić information content (AvgIpc) is 2.81. The summed E-state index contributed by atoms with van der Waals surface area (Å²) in [6.45, 7) is 2.57. The first-order valence-electron chi connectivity index (χ1n) is 5.87. The van der Waals surface area contributed by atoms with Gasteiger partial charge in [-0.3, -0.25) is 9.59 Å². The van der Waals surface area contributed by atoms with Gasteiger partial charge in [0.1, 0.15) is 6.04 Å². The molecule has 2 amide bonds. The van der Waals surface area contributed by atoms with E-state index in [0.717, 1.165) is 15.6 Å². The highest BCUT2D eigenvalue weighted by Gasteiger charge is 2.33. The Kier molecular flexibility index (Phi) is 3.89. The normalized spacial score (nSPS) is 19.0. The lowest BCUT2D eigenvalue weighted by atomic mass is 10.1. The van der Waals surface area contributed by atoms with Crippen LogP contribution in [0.4, 0.5) is 0 Å². The van der Waals surface area contributed by atoms with Crippen molar-refractivity contribution in [3.05, 3.63) is 32.9 Å². The molecule has 1 heterocycles. The minimum atomic E-state index is -0.450. The van der Waals surface area contributed by atoms with Crippen molar-refractivity contribution in [2.24, 2.45) is 5.73 Å². The van der Waals surface area contributed by atoms with Gasteiger partial charge in [0, 0.05) is 10.1 Å². The Labute approximate surface area is 120 Å². The van der Waals surface area contributed by atoms with E-state index in [1.54, 1.807) is 11.0 Å². The molecule has 1 atom stereocenters. The zero-order valence-corrected chi connectivity index (χ0v) is 12.3. The third-order valence-corrected chi connectivity index (χ3v) is 4.70. The molecule has 0 aromatic heterocycles. The second-order valence-electron chi connectivity index (χ2n) is 4.50. The fourth-order valence-electron chi connectivity index (χ4n) is 2.27. The molecule has 96 valence electrons. The topological polar surface area (TPSA) is 63.4 Å². The monoisotopic (exact) mass is 358 g/mol. The van der Waals surface area contributed by atoms with Crippen molar-refractivity contribution in [2.75, 3.05) is 6.54 Å². The molecule has 0 radical (unpaired) electrons. The molecule has 1 aliphatic rings. The minimum Gasteiger partial charge on any atom is -0.368 e. The molecule has 1 saturated heterocycles. The molecule has 2 rings (SSSR count). The third-order valence-electron chi connectivity index (χ3n) is 3.26. The summed E-state index contributed by atoms with van der Waals surface area (Å²) >= 11 is 2.17. The van der Waals surface area contributed by atoms with Crippen molar-refractivity contribution in [3.8, 4) is 0 Å². The highest BCUT2D eigenvalue weighted by molar-refractivity contribution is 14.1. The molecule has 1 aliphatic heterocycles. The van der Waals surface area contributed by atoms with Gasteiger partial charge in [-0.2, -0.15) is 0 Å². The molecule has 0 aliphatic carbocycles. The molecule has 1 unspecified atom stereocenters. The molecule has 2 N–H and O–H groups in total. The van der Waals surface area contributed by atoms with Crippen LogP contribution in [-0.2, 0) is 4.79 Å². The first kappa shape index (κ1) is 13.3. The number of amides is 2. The Morgan fingerprint density at radius 3 is 2.83 bits per heavy atom. The summed E-state index contributed by atoms with van der Waals surface area (Å²) in [5.74, 6) is -0.507. The highest BCUT2D eigenvalue weighted by atomic mass is 127. The van der Waals surface area contributed by atoms with Gasteiger partial charge in [-0.05, 0) is 54.0 Å². The largest absolute Gasteiger partial charge is 0.368 e. The summed E-state index contributed by atoms with van der Waals surface area (Å²) in [6.07, 6.45) is 1.51. The summed E-state index contributed by atoms with van der Waals surface area (Å²) in [5, 5.41) is 0. The van der Waals surface area contributed by atoms with E-state index in [1.807, 2.05) is 19.1 Å². The summed E-state index contributed by atoms with van der Waals surface area (Å²) in [6, 6.07) is 5.18. The average molecular weight is 358 g/mol. The number of nitrogens with zero attached hydrogens (tertiary/aromatic N) is 1. The van der Waals surface area contributed by atoms with Crippen LogP contribution < -0.4 is 5.73 Å². The molecular formula is C13H15IN2O2. The van der Waals surface area contributed by atoms with Crippen molar-refractivity contribution in [3.63, 3.8) is 0 Å². The van der Waals surface area contributed by atoms with E-state index >= 15 is 0 Å². The summed E-state index contributed by atoms with van der Waals surface area (Å²) in [5.41, 5.74) is 7.06. The maximum atomic E-state index is 12.4. The van der Waals surface area contributed by atoms with Gasteiger partial charge in [0.25, 0.3) is 5.91 Å². The zero-order valence-electron chi connectivity index (χ0n) is 10.1. The van der Waals surface area contributed by atoms with Gasteiger partial charge in [0.2, 0.25) is 5.91 Å². The Morgan fingerprint density at radius 1 is 1.44 bits per heavy atom. The number of rotatable bonds is 2. The van der Waals surface area contributed by atoms with E-state index in [9.17, 15) is 9.59 Å². The molecule has 0 spiro atoms. The van der Waals surface area contributed by atoms with Crippen molar-refractivity contribution in [2.45, 2.75) is 25.8 Å². The molecule has 1 aromatic carbocycles. The van der Waals surface area contributed by atoms with Gasteiger partial charge in [0.15, 0.2) is 0 Å². The molecule has 0 bridgehead atoms. The molecule has 4 nitrogen and oxygen atoms in total. The van der Waals surface area contributed by atoms with Crippen LogP contribution in [0, 0.1) is 10.5 Å². The van der Waals surface area contributed by atoms with E-state index in [2.05, 4.69) is 22.6 Å². The summed E-state index contributed by atoms with van der Waals surface area (Å²) < 4.78 is 0.940. The van der Waals surface area contributed by atoms with Crippen molar-refractivity contribution in [1.29, 1.82) is 0 Å². The molecular weight excluding hydrogens is 343 g/mol. The molecule has 0 saturated carbocycles. The van der Waals surface area contributed by atoms with E-state index in [-0.39, 0.29) is 5.91 Å². The number of halogens is 1. The van der Waals surface area contributed by atoms with Gasteiger partial charge in [-0.15, -0.1) is 0 Å².